The largest absolute Gasteiger partial charge is 0.478 e. The standard InChI is InChI=1S/C16H19F2NO4/c1-16(2,3)23-15(22)19-7-5-4-6-10-8-13(18)11(14(20)21)9-12(10)17/h4,6,8-9H,5,7H2,1-3H3,(H,19,22)(H,20,21). The van der Waals surface area contributed by atoms with Gasteiger partial charge in [-0.05, 0) is 39.3 Å². The molecule has 0 bridgehead atoms. The van der Waals surface area contributed by atoms with E-state index in [-0.39, 0.29) is 12.1 Å². The van der Waals surface area contributed by atoms with Crippen molar-refractivity contribution in [3.8, 4) is 0 Å². The lowest BCUT2D eigenvalue weighted by Crippen LogP contribution is -2.32. The third-order valence-electron chi connectivity index (χ3n) is 2.59. The molecule has 5 nitrogen and oxygen atoms in total. The Kier molecular flexibility index (Phi) is 6.24. The summed E-state index contributed by atoms with van der Waals surface area (Å²) in [7, 11) is 0. The Labute approximate surface area is 133 Å². The molecule has 1 aromatic rings. The number of hydrogen-bond donors (Lipinski definition) is 2. The smallest absolute Gasteiger partial charge is 0.407 e. The van der Waals surface area contributed by atoms with Gasteiger partial charge >= 0.3 is 12.1 Å². The van der Waals surface area contributed by atoms with E-state index in [0.29, 0.717) is 12.5 Å². The number of amides is 1. The van der Waals surface area contributed by atoms with E-state index < -0.39 is 34.9 Å². The normalized spacial score (nSPS) is 11.5. The van der Waals surface area contributed by atoms with Crippen molar-refractivity contribution < 1.29 is 28.2 Å². The zero-order chi connectivity index (χ0) is 17.6. The average Bonchev–Trinajstić information content (AvgIpc) is 2.39. The molecule has 2 N–H and O–H groups in total. The molecule has 0 aliphatic carbocycles. The minimum absolute atomic E-state index is 0.0650. The van der Waals surface area contributed by atoms with Gasteiger partial charge in [0.15, 0.2) is 0 Å². The SMILES string of the molecule is CC(C)(C)OC(=O)NCCC=Cc1cc(F)c(C(=O)O)cc1F. The molecule has 23 heavy (non-hydrogen) atoms. The molecule has 0 radical (unpaired) electrons. The van der Waals surface area contributed by atoms with Gasteiger partial charge in [-0.25, -0.2) is 18.4 Å². The highest BCUT2D eigenvalue weighted by atomic mass is 19.1. The van der Waals surface area contributed by atoms with Gasteiger partial charge in [0.05, 0.1) is 5.56 Å². The molecule has 1 rings (SSSR count). The second kappa shape index (κ2) is 7.71. The van der Waals surface area contributed by atoms with Crippen LogP contribution in [0, 0.1) is 11.6 Å². The molecular weight excluding hydrogens is 308 g/mol. The van der Waals surface area contributed by atoms with Crippen molar-refractivity contribution in [1.29, 1.82) is 0 Å². The predicted octanol–water partition coefficient (Wildman–Crippen LogP) is 3.59. The van der Waals surface area contributed by atoms with E-state index in [1.54, 1.807) is 20.8 Å². The summed E-state index contributed by atoms with van der Waals surface area (Å²) < 4.78 is 32.1. The van der Waals surface area contributed by atoms with Crippen LogP contribution in [0.4, 0.5) is 13.6 Å². The molecule has 0 heterocycles. The number of carboxylic acids is 1. The first-order valence-corrected chi connectivity index (χ1v) is 6.96. The summed E-state index contributed by atoms with van der Waals surface area (Å²) in [4.78, 5) is 22.0. The summed E-state index contributed by atoms with van der Waals surface area (Å²) in [5.74, 6) is -3.37. The molecule has 0 aliphatic rings. The van der Waals surface area contributed by atoms with Crippen LogP contribution in [0.3, 0.4) is 0 Å². The van der Waals surface area contributed by atoms with Gasteiger partial charge in [0, 0.05) is 12.1 Å². The van der Waals surface area contributed by atoms with E-state index >= 15 is 0 Å². The molecule has 7 heteroatoms. The van der Waals surface area contributed by atoms with Crippen molar-refractivity contribution in [1.82, 2.24) is 5.32 Å². The van der Waals surface area contributed by atoms with Crippen LogP contribution >= 0.6 is 0 Å². The van der Waals surface area contributed by atoms with Crippen LogP contribution in [0.15, 0.2) is 18.2 Å². The summed E-state index contributed by atoms with van der Waals surface area (Å²) in [6, 6.07) is 1.45. The van der Waals surface area contributed by atoms with E-state index in [4.69, 9.17) is 9.84 Å². The number of alkyl carbamates (subject to hydrolysis) is 1. The van der Waals surface area contributed by atoms with Gasteiger partial charge in [-0.15, -0.1) is 0 Å². The quantitative estimate of drug-likeness (QED) is 0.810. The minimum Gasteiger partial charge on any atom is -0.478 e. The van der Waals surface area contributed by atoms with E-state index in [1.807, 2.05) is 0 Å². The number of carbonyl (C=O) groups excluding carboxylic acids is 1. The number of benzene rings is 1. The second-order valence-electron chi connectivity index (χ2n) is 5.78. The molecule has 0 atom stereocenters. The Morgan fingerprint density at radius 2 is 1.91 bits per heavy atom. The van der Waals surface area contributed by atoms with Crippen LogP contribution in [0.1, 0.15) is 43.1 Å². The fourth-order valence-electron chi connectivity index (χ4n) is 1.64. The lowest BCUT2D eigenvalue weighted by atomic mass is 10.1. The molecule has 0 aliphatic heterocycles. The van der Waals surface area contributed by atoms with E-state index in [2.05, 4.69) is 5.32 Å². The van der Waals surface area contributed by atoms with Crippen LogP contribution < -0.4 is 5.32 Å². The fraction of sp³-hybridized carbons (Fsp3) is 0.375. The molecule has 0 saturated heterocycles. The Hall–Kier alpha value is -2.44. The molecule has 1 aromatic carbocycles. The third kappa shape index (κ3) is 6.46. The average molecular weight is 327 g/mol. The van der Waals surface area contributed by atoms with Gasteiger partial charge in [0.2, 0.25) is 0 Å². The Morgan fingerprint density at radius 1 is 1.26 bits per heavy atom. The van der Waals surface area contributed by atoms with Crippen molar-refractivity contribution in [2.24, 2.45) is 0 Å². The Morgan fingerprint density at radius 3 is 2.48 bits per heavy atom. The predicted molar refractivity (Wildman–Crippen MR) is 81.2 cm³/mol. The van der Waals surface area contributed by atoms with Gasteiger partial charge in [-0.3, -0.25) is 0 Å². The number of hydrogen-bond acceptors (Lipinski definition) is 3. The zero-order valence-electron chi connectivity index (χ0n) is 13.2. The molecule has 0 aromatic heterocycles. The number of ether oxygens (including phenoxy) is 1. The van der Waals surface area contributed by atoms with E-state index in [9.17, 15) is 18.4 Å². The molecule has 0 fully saturated rings. The molecular formula is C16H19F2NO4. The maximum Gasteiger partial charge on any atom is 0.407 e. The minimum atomic E-state index is -1.53. The first-order chi connectivity index (χ1) is 10.6. The summed E-state index contributed by atoms with van der Waals surface area (Å²) >= 11 is 0. The Balaban J connectivity index is 2.54. The summed E-state index contributed by atoms with van der Waals surface area (Å²) in [5.41, 5.74) is -1.37. The molecule has 0 spiro atoms. The molecule has 0 saturated carbocycles. The Bertz CT molecular complexity index is 621. The van der Waals surface area contributed by atoms with Crippen molar-refractivity contribution in [2.45, 2.75) is 32.8 Å². The number of halogens is 2. The number of carbonyl (C=O) groups is 2. The molecule has 0 unspecified atom stereocenters. The van der Waals surface area contributed by atoms with Gasteiger partial charge < -0.3 is 15.2 Å². The fourth-order valence-corrected chi connectivity index (χ4v) is 1.64. The van der Waals surface area contributed by atoms with Gasteiger partial charge in [-0.1, -0.05) is 12.2 Å². The van der Waals surface area contributed by atoms with Gasteiger partial charge in [0.25, 0.3) is 0 Å². The lowest BCUT2D eigenvalue weighted by molar-refractivity contribution is 0.0528. The molecule has 1 amide bonds. The highest BCUT2D eigenvalue weighted by Gasteiger charge is 2.15. The van der Waals surface area contributed by atoms with Crippen LogP contribution in [0.5, 0.6) is 0 Å². The maximum absolute atomic E-state index is 13.6. The first kappa shape index (κ1) is 18.6. The van der Waals surface area contributed by atoms with Crippen molar-refractivity contribution in [3.63, 3.8) is 0 Å². The zero-order valence-corrected chi connectivity index (χ0v) is 13.2. The van der Waals surface area contributed by atoms with E-state index in [1.165, 1.54) is 12.2 Å². The van der Waals surface area contributed by atoms with Crippen LogP contribution in [-0.2, 0) is 4.74 Å². The molecule has 126 valence electrons. The number of rotatable bonds is 5. The first-order valence-electron chi connectivity index (χ1n) is 6.96. The summed E-state index contributed by atoms with van der Waals surface area (Å²) in [6.45, 7) is 5.49. The third-order valence-corrected chi connectivity index (χ3v) is 2.59. The number of carboxylic acid groups (broad SMARTS) is 1. The maximum atomic E-state index is 13.6. The van der Waals surface area contributed by atoms with Gasteiger partial charge in [0.1, 0.15) is 17.2 Å². The second-order valence-corrected chi connectivity index (χ2v) is 5.78. The van der Waals surface area contributed by atoms with Crippen molar-refractivity contribution >= 4 is 18.1 Å². The topological polar surface area (TPSA) is 75.6 Å². The summed E-state index contributed by atoms with van der Waals surface area (Å²) in [5, 5.41) is 11.2. The number of aromatic carboxylic acids is 1. The summed E-state index contributed by atoms with van der Waals surface area (Å²) in [6.07, 6.45) is 2.67. The number of nitrogens with one attached hydrogen (secondary N) is 1. The lowest BCUT2D eigenvalue weighted by Gasteiger charge is -2.19. The highest BCUT2D eigenvalue weighted by Crippen LogP contribution is 2.16. The van der Waals surface area contributed by atoms with Crippen molar-refractivity contribution in [2.75, 3.05) is 6.54 Å². The van der Waals surface area contributed by atoms with Crippen LogP contribution in [0.25, 0.3) is 6.08 Å². The highest BCUT2D eigenvalue weighted by molar-refractivity contribution is 5.88. The van der Waals surface area contributed by atoms with E-state index in [0.717, 1.165) is 6.07 Å². The van der Waals surface area contributed by atoms with Gasteiger partial charge in [-0.2, -0.15) is 0 Å². The monoisotopic (exact) mass is 327 g/mol. The van der Waals surface area contributed by atoms with Crippen molar-refractivity contribution in [3.05, 3.63) is 41.0 Å². The van der Waals surface area contributed by atoms with Crippen LogP contribution in [0.2, 0.25) is 0 Å². The van der Waals surface area contributed by atoms with Crippen LogP contribution in [-0.4, -0.2) is 29.3 Å².